The molecule has 0 N–H and O–H groups in total. The SMILES string of the molecule is O=C(c1cc2c(s1)CCCCCC2)N(CC1CCCO1)C1CCSC1. The van der Waals surface area contributed by atoms with Gasteiger partial charge in [0.2, 0.25) is 0 Å². The van der Waals surface area contributed by atoms with Crippen LogP contribution in [0.15, 0.2) is 6.07 Å². The Kier molecular flexibility index (Phi) is 6.04. The Labute approximate surface area is 159 Å². The van der Waals surface area contributed by atoms with Crippen LogP contribution >= 0.6 is 23.1 Å². The summed E-state index contributed by atoms with van der Waals surface area (Å²) in [5, 5.41) is 0. The largest absolute Gasteiger partial charge is 0.376 e. The molecule has 0 saturated carbocycles. The van der Waals surface area contributed by atoms with E-state index in [1.165, 1.54) is 41.9 Å². The second-order valence-electron chi connectivity index (χ2n) is 7.58. The van der Waals surface area contributed by atoms with Crippen molar-refractivity contribution in [2.24, 2.45) is 0 Å². The van der Waals surface area contributed by atoms with E-state index in [4.69, 9.17) is 4.74 Å². The monoisotopic (exact) mass is 379 g/mol. The third kappa shape index (κ3) is 4.25. The van der Waals surface area contributed by atoms with Gasteiger partial charge in [0, 0.05) is 29.8 Å². The number of ether oxygens (including phenoxy) is 1. The van der Waals surface area contributed by atoms with Gasteiger partial charge in [-0.3, -0.25) is 4.79 Å². The van der Waals surface area contributed by atoms with Crippen molar-refractivity contribution in [1.82, 2.24) is 4.90 Å². The number of thioether (sulfide) groups is 1. The first kappa shape index (κ1) is 17.9. The molecular formula is C20H29NO2S2. The molecule has 0 radical (unpaired) electrons. The first-order valence-electron chi connectivity index (χ1n) is 9.93. The molecule has 4 rings (SSSR count). The molecule has 2 aliphatic heterocycles. The molecule has 2 saturated heterocycles. The zero-order valence-electron chi connectivity index (χ0n) is 15.0. The van der Waals surface area contributed by atoms with Gasteiger partial charge in [-0.05, 0) is 62.3 Å². The number of hydrogen-bond donors (Lipinski definition) is 0. The Morgan fingerprint density at radius 1 is 1.16 bits per heavy atom. The minimum Gasteiger partial charge on any atom is -0.376 e. The quantitative estimate of drug-likeness (QED) is 0.769. The lowest BCUT2D eigenvalue weighted by molar-refractivity contribution is 0.0445. The van der Waals surface area contributed by atoms with Gasteiger partial charge >= 0.3 is 0 Å². The highest BCUT2D eigenvalue weighted by molar-refractivity contribution is 7.99. The summed E-state index contributed by atoms with van der Waals surface area (Å²) in [4.78, 5) is 18.0. The molecule has 0 bridgehead atoms. The summed E-state index contributed by atoms with van der Waals surface area (Å²) in [5.41, 5.74) is 1.45. The molecule has 138 valence electrons. The Bertz CT molecular complexity index is 563. The first-order chi connectivity index (χ1) is 12.3. The van der Waals surface area contributed by atoms with E-state index < -0.39 is 0 Å². The highest BCUT2D eigenvalue weighted by atomic mass is 32.2. The van der Waals surface area contributed by atoms with Gasteiger partial charge in [-0.1, -0.05) is 12.8 Å². The van der Waals surface area contributed by atoms with Crippen LogP contribution in [0.5, 0.6) is 0 Å². The Balaban J connectivity index is 1.53. The first-order valence-corrected chi connectivity index (χ1v) is 11.9. The summed E-state index contributed by atoms with van der Waals surface area (Å²) in [6.07, 6.45) is 11.2. The van der Waals surface area contributed by atoms with Crippen molar-refractivity contribution in [2.45, 2.75) is 69.9 Å². The van der Waals surface area contributed by atoms with Crippen LogP contribution in [0, 0.1) is 0 Å². The minimum absolute atomic E-state index is 0.246. The fourth-order valence-electron chi connectivity index (χ4n) is 4.26. The van der Waals surface area contributed by atoms with Gasteiger partial charge in [0.1, 0.15) is 0 Å². The van der Waals surface area contributed by atoms with Crippen molar-refractivity contribution in [3.05, 3.63) is 21.4 Å². The number of nitrogens with zero attached hydrogens (tertiary/aromatic N) is 1. The number of rotatable bonds is 4. The minimum atomic E-state index is 0.246. The molecule has 3 aliphatic rings. The second kappa shape index (κ2) is 8.45. The van der Waals surface area contributed by atoms with Crippen LogP contribution in [0.4, 0.5) is 0 Å². The molecule has 1 aliphatic carbocycles. The number of hydrogen-bond acceptors (Lipinski definition) is 4. The van der Waals surface area contributed by atoms with E-state index >= 15 is 0 Å². The molecule has 25 heavy (non-hydrogen) atoms. The van der Waals surface area contributed by atoms with E-state index in [1.807, 2.05) is 11.8 Å². The van der Waals surface area contributed by atoms with E-state index in [1.54, 1.807) is 11.3 Å². The van der Waals surface area contributed by atoms with Gasteiger partial charge in [0.15, 0.2) is 0 Å². The molecule has 5 heteroatoms. The Morgan fingerprint density at radius 2 is 2.04 bits per heavy atom. The van der Waals surface area contributed by atoms with Gasteiger partial charge in [-0.2, -0.15) is 11.8 Å². The van der Waals surface area contributed by atoms with Crippen molar-refractivity contribution in [3.8, 4) is 0 Å². The molecule has 1 amide bonds. The number of fused-ring (bicyclic) bond motifs is 1. The zero-order chi connectivity index (χ0) is 17.1. The summed E-state index contributed by atoms with van der Waals surface area (Å²) in [6, 6.07) is 2.62. The average Bonchev–Trinajstić information content (AvgIpc) is 3.34. The lowest BCUT2D eigenvalue weighted by Gasteiger charge is -2.30. The summed E-state index contributed by atoms with van der Waals surface area (Å²) in [6.45, 7) is 1.64. The summed E-state index contributed by atoms with van der Waals surface area (Å²) in [7, 11) is 0. The van der Waals surface area contributed by atoms with E-state index in [0.29, 0.717) is 6.04 Å². The average molecular weight is 380 g/mol. The van der Waals surface area contributed by atoms with Crippen molar-refractivity contribution < 1.29 is 9.53 Å². The molecular weight excluding hydrogens is 350 g/mol. The molecule has 2 unspecified atom stereocenters. The van der Waals surface area contributed by atoms with Gasteiger partial charge in [-0.25, -0.2) is 0 Å². The standard InChI is InChI=1S/C20H29NO2S2/c22-20(19-12-15-6-3-1-2-4-8-18(15)25-19)21(16-9-11-24-14-16)13-17-7-5-10-23-17/h12,16-17H,1-11,13-14H2. The smallest absolute Gasteiger partial charge is 0.264 e. The maximum atomic E-state index is 13.4. The van der Waals surface area contributed by atoms with Crippen LogP contribution in [0.3, 0.4) is 0 Å². The van der Waals surface area contributed by atoms with Crippen molar-refractivity contribution in [1.29, 1.82) is 0 Å². The van der Waals surface area contributed by atoms with Gasteiger partial charge in [0.25, 0.3) is 5.91 Å². The van der Waals surface area contributed by atoms with Gasteiger partial charge in [-0.15, -0.1) is 11.3 Å². The summed E-state index contributed by atoms with van der Waals surface area (Å²) < 4.78 is 5.85. The van der Waals surface area contributed by atoms with Crippen LogP contribution < -0.4 is 0 Å². The molecule has 1 aromatic heterocycles. The molecule has 3 nitrogen and oxygen atoms in total. The van der Waals surface area contributed by atoms with Gasteiger partial charge < -0.3 is 9.64 Å². The topological polar surface area (TPSA) is 29.5 Å². The van der Waals surface area contributed by atoms with E-state index in [0.717, 1.165) is 55.9 Å². The molecule has 2 atom stereocenters. The number of aryl methyl sites for hydroxylation is 2. The van der Waals surface area contributed by atoms with Crippen molar-refractivity contribution in [3.63, 3.8) is 0 Å². The van der Waals surface area contributed by atoms with Crippen LogP contribution in [0.25, 0.3) is 0 Å². The fourth-order valence-corrected chi connectivity index (χ4v) is 6.70. The highest BCUT2D eigenvalue weighted by Gasteiger charge is 2.32. The molecule has 0 spiro atoms. The zero-order valence-corrected chi connectivity index (χ0v) is 16.6. The highest BCUT2D eigenvalue weighted by Crippen LogP contribution is 2.32. The normalized spacial score (nSPS) is 26.9. The van der Waals surface area contributed by atoms with Crippen LogP contribution in [-0.4, -0.2) is 47.6 Å². The van der Waals surface area contributed by atoms with E-state index in [2.05, 4.69) is 11.0 Å². The fraction of sp³-hybridized carbons (Fsp3) is 0.750. The number of amides is 1. The molecule has 2 fully saturated rings. The molecule has 1 aromatic rings. The lowest BCUT2D eigenvalue weighted by atomic mass is 9.99. The third-order valence-electron chi connectivity index (χ3n) is 5.74. The predicted octanol–water partition coefficient (Wildman–Crippen LogP) is 4.53. The summed E-state index contributed by atoms with van der Waals surface area (Å²) >= 11 is 3.75. The van der Waals surface area contributed by atoms with Gasteiger partial charge in [0.05, 0.1) is 11.0 Å². The van der Waals surface area contributed by atoms with Crippen LogP contribution in [-0.2, 0) is 17.6 Å². The van der Waals surface area contributed by atoms with Crippen LogP contribution in [0.1, 0.15) is 65.1 Å². The molecule has 3 heterocycles. The number of carbonyl (C=O) groups is 1. The van der Waals surface area contributed by atoms with Crippen LogP contribution in [0.2, 0.25) is 0 Å². The van der Waals surface area contributed by atoms with E-state index in [-0.39, 0.29) is 12.0 Å². The Hall–Kier alpha value is -0.520. The van der Waals surface area contributed by atoms with Crippen molar-refractivity contribution in [2.75, 3.05) is 24.7 Å². The van der Waals surface area contributed by atoms with Crippen molar-refractivity contribution >= 4 is 29.0 Å². The predicted molar refractivity (Wildman–Crippen MR) is 106 cm³/mol. The second-order valence-corrected chi connectivity index (χ2v) is 9.87. The number of thiophene rings is 1. The molecule has 0 aromatic carbocycles. The number of carbonyl (C=O) groups excluding carboxylic acids is 1. The lowest BCUT2D eigenvalue weighted by Crippen LogP contribution is -2.44. The third-order valence-corrected chi connectivity index (χ3v) is 8.11. The Morgan fingerprint density at radius 3 is 2.80 bits per heavy atom. The maximum Gasteiger partial charge on any atom is 0.264 e. The summed E-state index contributed by atoms with van der Waals surface area (Å²) in [5.74, 6) is 2.53. The van der Waals surface area contributed by atoms with E-state index in [9.17, 15) is 4.79 Å². The maximum absolute atomic E-state index is 13.4.